The molecule has 0 unspecified atom stereocenters. The Kier molecular flexibility index (Phi) is 6.67. The maximum absolute atomic E-state index is 12.8. The predicted octanol–water partition coefficient (Wildman–Crippen LogP) is 5.77. The van der Waals surface area contributed by atoms with Crippen LogP contribution in [0.4, 0.5) is 5.69 Å². The predicted molar refractivity (Wildman–Crippen MR) is 138 cm³/mol. The molecule has 172 valence electrons. The Bertz CT molecular complexity index is 1240. The van der Waals surface area contributed by atoms with Crippen molar-refractivity contribution in [3.8, 4) is 10.6 Å². The van der Waals surface area contributed by atoms with Crippen molar-refractivity contribution in [1.29, 1.82) is 0 Å². The molecule has 1 saturated heterocycles. The van der Waals surface area contributed by atoms with Crippen molar-refractivity contribution in [2.45, 2.75) is 25.7 Å². The number of aromatic nitrogens is 1. The van der Waals surface area contributed by atoms with Gasteiger partial charge in [0.1, 0.15) is 5.01 Å². The van der Waals surface area contributed by atoms with Crippen LogP contribution in [-0.2, 0) is 16.0 Å². The number of fused-ring (bicyclic) bond motifs is 1. The quantitative estimate of drug-likeness (QED) is 0.390. The molecule has 0 radical (unpaired) electrons. The lowest BCUT2D eigenvalue weighted by molar-refractivity contribution is -0.134. The van der Waals surface area contributed by atoms with Gasteiger partial charge in [0.2, 0.25) is 11.8 Å². The van der Waals surface area contributed by atoms with E-state index in [1.807, 2.05) is 65.6 Å². The molecule has 5 rings (SSSR count). The second kappa shape index (κ2) is 10.2. The molecule has 0 atom stereocenters. The SMILES string of the molecule is O=C(Nc1ccc(-c2nc3ccccc3s2)cc1)C1CCN(C(=O)CCc2ccccc2)CC1. The molecule has 1 aliphatic rings. The number of nitrogens with zero attached hydrogens (tertiary/aromatic N) is 2. The highest BCUT2D eigenvalue weighted by atomic mass is 32.1. The van der Waals surface area contributed by atoms with Crippen LogP contribution in [-0.4, -0.2) is 34.8 Å². The number of para-hydroxylation sites is 1. The van der Waals surface area contributed by atoms with Gasteiger partial charge >= 0.3 is 0 Å². The zero-order valence-corrected chi connectivity index (χ0v) is 19.8. The molecule has 1 fully saturated rings. The molecule has 2 amide bonds. The number of carbonyl (C=O) groups excluding carboxylic acids is 2. The first-order valence-corrected chi connectivity index (χ1v) is 12.6. The summed E-state index contributed by atoms with van der Waals surface area (Å²) < 4.78 is 1.17. The van der Waals surface area contributed by atoms with Gasteiger partial charge < -0.3 is 10.2 Å². The van der Waals surface area contributed by atoms with E-state index < -0.39 is 0 Å². The molecule has 0 aliphatic carbocycles. The molecular formula is C28H27N3O2S. The minimum atomic E-state index is -0.0675. The first-order chi connectivity index (χ1) is 16.7. The van der Waals surface area contributed by atoms with Gasteiger partial charge in [-0.05, 0) is 61.2 Å². The van der Waals surface area contributed by atoms with Gasteiger partial charge in [0, 0.05) is 36.7 Å². The minimum Gasteiger partial charge on any atom is -0.343 e. The van der Waals surface area contributed by atoms with Crippen LogP contribution in [0.2, 0.25) is 0 Å². The third-order valence-electron chi connectivity index (χ3n) is 6.38. The minimum absolute atomic E-state index is 0.0316. The number of carbonyl (C=O) groups is 2. The fraction of sp³-hybridized carbons (Fsp3) is 0.250. The van der Waals surface area contributed by atoms with E-state index in [-0.39, 0.29) is 17.7 Å². The van der Waals surface area contributed by atoms with E-state index in [9.17, 15) is 9.59 Å². The van der Waals surface area contributed by atoms with Crippen LogP contribution in [0.15, 0.2) is 78.9 Å². The van der Waals surface area contributed by atoms with E-state index in [1.165, 1.54) is 10.3 Å². The van der Waals surface area contributed by atoms with E-state index in [4.69, 9.17) is 4.98 Å². The van der Waals surface area contributed by atoms with Gasteiger partial charge in [-0.3, -0.25) is 9.59 Å². The summed E-state index contributed by atoms with van der Waals surface area (Å²) in [4.78, 5) is 32.0. The van der Waals surface area contributed by atoms with E-state index in [0.717, 1.165) is 28.2 Å². The van der Waals surface area contributed by atoms with Gasteiger partial charge in [-0.15, -0.1) is 11.3 Å². The maximum atomic E-state index is 12.8. The number of hydrogen-bond donors (Lipinski definition) is 1. The van der Waals surface area contributed by atoms with Gasteiger partial charge in [0.05, 0.1) is 10.2 Å². The van der Waals surface area contributed by atoms with Gasteiger partial charge in [-0.25, -0.2) is 4.98 Å². The fourth-order valence-electron chi connectivity index (χ4n) is 4.38. The molecule has 6 heteroatoms. The number of benzene rings is 3. The molecule has 0 spiro atoms. The molecule has 34 heavy (non-hydrogen) atoms. The monoisotopic (exact) mass is 469 g/mol. The molecule has 1 N–H and O–H groups in total. The summed E-state index contributed by atoms with van der Waals surface area (Å²) in [5, 5.41) is 4.02. The van der Waals surface area contributed by atoms with Crippen LogP contribution in [0, 0.1) is 5.92 Å². The lowest BCUT2D eigenvalue weighted by atomic mass is 9.95. The number of hydrogen-bond acceptors (Lipinski definition) is 4. The Morgan fingerprint density at radius 2 is 1.62 bits per heavy atom. The average molecular weight is 470 g/mol. The van der Waals surface area contributed by atoms with Crippen LogP contribution in [0.5, 0.6) is 0 Å². The van der Waals surface area contributed by atoms with E-state index in [2.05, 4.69) is 23.5 Å². The number of likely N-dealkylation sites (tertiary alicyclic amines) is 1. The van der Waals surface area contributed by atoms with Crippen molar-refractivity contribution in [3.63, 3.8) is 0 Å². The smallest absolute Gasteiger partial charge is 0.227 e. The number of nitrogens with one attached hydrogen (secondary N) is 1. The Morgan fingerprint density at radius 3 is 2.35 bits per heavy atom. The lowest BCUT2D eigenvalue weighted by Crippen LogP contribution is -2.41. The Balaban J connectivity index is 1.11. The van der Waals surface area contributed by atoms with Crippen molar-refractivity contribution in [2.24, 2.45) is 5.92 Å². The normalized spacial score (nSPS) is 14.3. The summed E-state index contributed by atoms with van der Waals surface area (Å²) in [5.74, 6) is 0.138. The average Bonchev–Trinajstić information content (AvgIpc) is 3.33. The first-order valence-electron chi connectivity index (χ1n) is 11.7. The van der Waals surface area contributed by atoms with Crippen molar-refractivity contribution >= 4 is 39.1 Å². The van der Waals surface area contributed by atoms with Gasteiger partial charge in [-0.2, -0.15) is 0 Å². The molecule has 3 aromatic carbocycles. The first kappa shape index (κ1) is 22.3. The molecule has 5 nitrogen and oxygen atoms in total. The van der Waals surface area contributed by atoms with E-state index in [1.54, 1.807) is 11.3 Å². The highest BCUT2D eigenvalue weighted by molar-refractivity contribution is 7.21. The van der Waals surface area contributed by atoms with Crippen LogP contribution < -0.4 is 5.32 Å². The molecular weight excluding hydrogens is 442 g/mol. The molecule has 0 saturated carbocycles. The molecule has 2 heterocycles. The summed E-state index contributed by atoms with van der Waals surface area (Å²) in [6, 6.07) is 26.1. The van der Waals surface area contributed by atoms with Crippen molar-refractivity contribution < 1.29 is 9.59 Å². The van der Waals surface area contributed by atoms with Crippen molar-refractivity contribution in [1.82, 2.24) is 9.88 Å². The highest BCUT2D eigenvalue weighted by Crippen LogP contribution is 2.30. The Hall–Kier alpha value is -3.51. The summed E-state index contributed by atoms with van der Waals surface area (Å²) >= 11 is 1.67. The number of anilines is 1. The zero-order valence-electron chi connectivity index (χ0n) is 18.9. The summed E-state index contributed by atoms with van der Waals surface area (Å²) in [7, 11) is 0. The summed E-state index contributed by atoms with van der Waals surface area (Å²) in [6.07, 6.45) is 2.67. The summed E-state index contributed by atoms with van der Waals surface area (Å²) in [5.41, 5.74) is 4.02. The van der Waals surface area contributed by atoms with Gasteiger partial charge in [-0.1, -0.05) is 42.5 Å². The topological polar surface area (TPSA) is 62.3 Å². The second-order valence-corrected chi connectivity index (χ2v) is 9.72. The molecule has 1 aliphatic heterocycles. The molecule has 0 bridgehead atoms. The number of thiazole rings is 1. The van der Waals surface area contributed by atoms with Crippen LogP contribution in [0.1, 0.15) is 24.8 Å². The Labute approximate surface area is 203 Å². The fourth-order valence-corrected chi connectivity index (χ4v) is 5.35. The van der Waals surface area contributed by atoms with E-state index >= 15 is 0 Å². The second-order valence-electron chi connectivity index (χ2n) is 8.69. The third-order valence-corrected chi connectivity index (χ3v) is 7.47. The lowest BCUT2D eigenvalue weighted by Gasteiger charge is -2.31. The highest BCUT2D eigenvalue weighted by Gasteiger charge is 2.27. The van der Waals surface area contributed by atoms with Crippen molar-refractivity contribution in [3.05, 3.63) is 84.4 Å². The standard InChI is InChI=1S/C28H27N3O2S/c32-26(15-10-20-6-2-1-3-7-20)31-18-16-21(17-19-31)27(33)29-23-13-11-22(12-14-23)28-30-24-8-4-5-9-25(24)34-28/h1-9,11-14,21H,10,15-19H2,(H,29,33). The van der Waals surface area contributed by atoms with E-state index in [0.29, 0.717) is 32.4 Å². The molecule has 1 aromatic heterocycles. The van der Waals surface area contributed by atoms with Crippen molar-refractivity contribution in [2.75, 3.05) is 18.4 Å². The van der Waals surface area contributed by atoms with Crippen LogP contribution >= 0.6 is 11.3 Å². The van der Waals surface area contributed by atoms with Gasteiger partial charge in [0.15, 0.2) is 0 Å². The van der Waals surface area contributed by atoms with Crippen LogP contribution in [0.25, 0.3) is 20.8 Å². The Morgan fingerprint density at radius 1 is 0.912 bits per heavy atom. The van der Waals surface area contributed by atoms with Crippen LogP contribution in [0.3, 0.4) is 0 Å². The zero-order chi connectivity index (χ0) is 23.3. The largest absolute Gasteiger partial charge is 0.343 e. The third kappa shape index (κ3) is 5.18. The van der Waals surface area contributed by atoms with Gasteiger partial charge in [0.25, 0.3) is 0 Å². The summed E-state index contributed by atoms with van der Waals surface area (Å²) in [6.45, 7) is 1.28. The maximum Gasteiger partial charge on any atom is 0.227 e. The number of rotatable bonds is 6. The number of aryl methyl sites for hydroxylation is 1. The number of amides is 2. The number of piperidine rings is 1. The molecule has 4 aromatic rings.